The van der Waals surface area contributed by atoms with Crippen molar-refractivity contribution < 1.29 is 9.15 Å². The van der Waals surface area contributed by atoms with E-state index in [1.165, 1.54) is 0 Å². The Morgan fingerprint density at radius 3 is 2.33 bits per heavy atom. The standard InChI is InChI=1S/C21H16O3/c1-14-19(23-13-15-7-3-2-4-8-15)12-11-17-16-9-5-6-10-18(16)21(22)24-20(14)17/h2-12H,13H2,1H3. The van der Waals surface area contributed by atoms with Gasteiger partial charge in [-0.1, -0.05) is 48.5 Å². The van der Waals surface area contributed by atoms with Gasteiger partial charge in [0.2, 0.25) is 0 Å². The molecule has 118 valence electrons. The fourth-order valence-corrected chi connectivity index (χ4v) is 2.95. The quantitative estimate of drug-likeness (QED) is 0.401. The Morgan fingerprint density at radius 1 is 0.833 bits per heavy atom. The van der Waals surface area contributed by atoms with Crippen molar-refractivity contribution >= 4 is 21.7 Å². The zero-order chi connectivity index (χ0) is 16.5. The molecule has 1 aromatic heterocycles. The first-order valence-corrected chi connectivity index (χ1v) is 7.86. The van der Waals surface area contributed by atoms with Crippen LogP contribution in [0.5, 0.6) is 5.75 Å². The predicted octanol–water partition coefficient (Wildman–Crippen LogP) is 4.83. The topological polar surface area (TPSA) is 39.4 Å². The van der Waals surface area contributed by atoms with E-state index in [4.69, 9.17) is 9.15 Å². The molecule has 1 heterocycles. The summed E-state index contributed by atoms with van der Waals surface area (Å²) in [6, 6.07) is 21.4. The van der Waals surface area contributed by atoms with Gasteiger partial charge in [0.05, 0.1) is 5.39 Å². The SMILES string of the molecule is Cc1c(OCc2ccccc2)ccc2c1oc(=O)c1ccccc12. The Kier molecular flexibility index (Phi) is 3.54. The largest absolute Gasteiger partial charge is 0.488 e. The van der Waals surface area contributed by atoms with E-state index in [2.05, 4.69) is 0 Å². The Hall–Kier alpha value is -3.07. The number of benzene rings is 3. The number of rotatable bonds is 3. The van der Waals surface area contributed by atoms with Crippen molar-refractivity contribution in [2.24, 2.45) is 0 Å². The lowest BCUT2D eigenvalue weighted by Gasteiger charge is -2.11. The van der Waals surface area contributed by atoms with Crippen LogP contribution in [0.15, 0.2) is 75.9 Å². The lowest BCUT2D eigenvalue weighted by Crippen LogP contribution is -2.02. The van der Waals surface area contributed by atoms with E-state index in [1.54, 1.807) is 6.07 Å². The van der Waals surface area contributed by atoms with E-state index >= 15 is 0 Å². The molecule has 0 spiro atoms. The molecule has 0 amide bonds. The van der Waals surface area contributed by atoms with Gasteiger partial charge in [-0.05, 0) is 36.1 Å². The van der Waals surface area contributed by atoms with Crippen molar-refractivity contribution in [2.45, 2.75) is 13.5 Å². The van der Waals surface area contributed by atoms with Gasteiger partial charge < -0.3 is 9.15 Å². The molecule has 0 aliphatic rings. The number of ether oxygens (including phenoxy) is 1. The van der Waals surface area contributed by atoms with Crippen LogP contribution in [0.1, 0.15) is 11.1 Å². The minimum atomic E-state index is -0.318. The van der Waals surface area contributed by atoms with Crippen LogP contribution in [-0.4, -0.2) is 0 Å². The summed E-state index contributed by atoms with van der Waals surface area (Å²) in [6.07, 6.45) is 0. The van der Waals surface area contributed by atoms with Crippen LogP contribution in [0.3, 0.4) is 0 Å². The number of fused-ring (bicyclic) bond motifs is 3. The molecule has 4 aromatic rings. The van der Waals surface area contributed by atoms with Crippen molar-refractivity contribution in [1.82, 2.24) is 0 Å². The molecule has 3 aromatic carbocycles. The Morgan fingerprint density at radius 2 is 1.54 bits per heavy atom. The smallest absolute Gasteiger partial charge is 0.344 e. The molecule has 24 heavy (non-hydrogen) atoms. The zero-order valence-corrected chi connectivity index (χ0v) is 13.3. The van der Waals surface area contributed by atoms with Crippen LogP contribution in [0.2, 0.25) is 0 Å². The van der Waals surface area contributed by atoms with E-state index in [-0.39, 0.29) is 5.63 Å². The van der Waals surface area contributed by atoms with E-state index < -0.39 is 0 Å². The van der Waals surface area contributed by atoms with E-state index in [9.17, 15) is 4.79 Å². The molecule has 0 fully saturated rings. The summed E-state index contributed by atoms with van der Waals surface area (Å²) in [5.41, 5.74) is 2.20. The lowest BCUT2D eigenvalue weighted by atomic mass is 10.0. The van der Waals surface area contributed by atoms with Gasteiger partial charge in [-0.25, -0.2) is 4.79 Å². The fourth-order valence-electron chi connectivity index (χ4n) is 2.95. The van der Waals surface area contributed by atoms with Crippen LogP contribution in [0, 0.1) is 6.92 Å². The fraction of sp³-hybridized carbons (Fsp3) is 0.0952. The molecular weight excluding hydrogens is 300 g/mol. The van der Waals surface area contributed by atoms with Gasteiger partial charge >= 0.3 is 5.63 Å². The van der Waals surface area contributed by atoms with E-state index in [0.717, 1.165) is 27.6 Å². The summed E-state index contributed by atoms with van der Waals surface area (Å²) in [5.74, 6) is 0.727. The van der Waals surface area contributed by atoms with Gasteiger partial charge in [-0.15, -0.1) is 0 Å². The minimum Gasteiger partial charge on any atom is -0.488 e. The Bertz CT molecular complexity index is 1080. The maximum absolute atomic E-state index is 12.2. The maximum atomic E-state index is 12.2. The summed E-state index contributed by atoms with van der Waals surface area (Å²) in [7, 11) is 0. The Labute approximate surface area is 139 Å². The molecule has 0 saturated heterocycles. The highest BCUT2D eigenvalue weighted by Crippen LogP contribution is 2.31. The molecule has 0 radical (unpaired) electrons. The monoisotopic (exact) mass is 316 g/mol. The van der Waals surface area contributed by atoms with Crippen LogP contribution in [0.4, 0.5) is 0 Å². The second-order valence-corrected chi connectivity index (χ2v) is 5.77. The molecule has 3 heteroatoms. The van der Waals surface area contributed by atoms with Gasteiger partial charge in [0.15, 0.2) is 0 Å². The van der Waals surface area contributed by atoms with Crippen LogP contribution < -0.4 is 10.4 Å². The van der Waals surface area contributed by atoms with Crippen LogP contribution in [0.25, 0.3) is 21.7 Å². The van der Waals surface area contributed by atoms with Gasteiger partial charge in [0.1, 0.15) is 17.9 Å². The average molecular weight is 316 g/mol. The van der Waals surface area contributed by atoms with Crippen LogP contribution >= 0.6 is 0 Å². The molecule has 0 unspecified atom stereocenters. The first-order chi connectivity index (χ1) is 11.7. The summed E-state index contributed by atoms with van der Waals surface area (Å²) in [6.45, 7) is 2.39. The molecule has 3 nitrogen and oxygen atoms in total. The summed E-state index contributed by atoms with van der Waals surface area (Å²) in [4.78, 5) is 12.2. The van der Waals surface area contributed by atoms with E-state index in [1.807, 2.05) is 67.6 Å². The van der Waals surface area contributed by atoms with Gasteiger partial charge in [-0.3, -0.25) is 0 Å². The van der Waals surface area contributed by atoms with Crippen molar-refractivity contribution in [2.75, 3.05) is 0 Å². The summed E-state index contributed by atoms with van der Waals surface area (Å²) < 4.78 is 11.5. The van der Waals surface area contributed by atoms with Gasteiger partial charge in [0.25, 0.3) is 0 Å². The number of hydrogen-bond acceptors (Lipinski definition) is 3. The van der Waals surface area contributed by atoms with Gasteiger partial charge in [-0.2, -0.15) is 0 Å². The maximum Gasteiger partial charge on any atom is 0.344 e. The highest BCUT2D eigenvalue weighted by atomic mass is 16.5. The van der Waals surface area contributed by atoms with Crippen molar-refractivity contribution in [1.29, 1.82) is 0 Å². The first-order valence-electron chi connectivity index (χ1n) is 7.86. The predicted molar refractivity (Wildman–Crippen MR) is 95.5 cm³/mol. The highest BCUT2D eigenvalue weighted by molar-refractivity contribution is 6.05. The normalized spacial score (nSPS) is 11.0. The first kappa shape index (κ1) is 14.5. The zero-order valence-electron chi connectivity index (χ0n) is 13.3. The van der Waals surface area contributed by atoms with Gasteiger partial charge in [0, 0.05) is 10.9 Å². The minimum absolute atomic E-state index is 0.318. The molecule has 0 atom stereocenters. The molecule has 0 N–H and O–H groups in total. The Balaban J connectivity index is 1.80. The van der Waals surface area contributed by atoms with Crippen molar-refractivity contribution in [3.05, 3.63) is 88.3 Å². The third kappa shape index (κ3) is 2.44. The number of aryl methyl sites for hydroxylation is 1. The lowest BCUT2D eigenvalue weighted by molar-refractivity contribution is 0.304. The molecule has 0 saturated carbocycles. The molecule has 0 aliphatic heterocycles. The molecule has 4 rings (SSSR count). The molecular formula is C21H16O3. The second-order valence-electron chi connectivity index (χ2n) is 5.77. The van der Waals surface area contributed by atoms with Crippen molar-refractivity contribution in [3.63, 3.8) is 0 Å². The van der Waals surface area contributed by atoms with E-state index in [0.29, 0.717) is 17.6 Å². The van der Waals surface area contributed by atoms with Crippen molar-refractivity contribution in [3.8, 4) is 5.75 Å². The molecule has 0 aliphatic carbocycles. The highest BCUT2D eigenvalue weighted by Gasteiger charge is 2.12. The molecule has 0 bridgehead atoms. The summed E-state index contributed by atoms with van der Waals surface area (Å²) in [5, 5.41) is 2.43. The third-order valence-corrected chi connectivity index (χ3v) is 4.23. The second kappa shape index (κ2) is 5.85. The van der Waals surface area contributed by atoms with Crippen LogP contribution in [-0.2, 0) is 6.61 Å². The summed E-state index contributed by atoms with van der Waals surface area (Å²) >= 11 is 0. The third-order valence-electron chi connectivity index (χ3n) is 4.23. The average Bonchev–Trinajstić information content (AvgIpc) is 2.63. The number of hydrogen-bond donors (Lipinski definition) is 0.